The van der Waals surface area contributed by atoms with Crippen LogP contribution in [0.3, 0.4) is 0 Å². The summed E-state index contributed by atoms with van der Waals surface area (Å²) in [6, 6.07) is 16.1. The zero-order valence-corrected chi connectivity index (χ0v) is 16.2. The Hall–Kier alpha value is -3.65. The number of thiazole rings is 1. The van der Waals surface area contributed by atoms with Gasteiger partial charge in [-0.2, -0.15) is 9.61 Å². The second-order valence-corrected chi connectivity index (χ2v) is 7.40. The van der Waals surface area contributed by atoms with E-state index in [0.717, 1.165) is 28.1 Å². The van der Waals surface area contributed by atoms with Gasteiger partial charge in [-0.1, -0.05) is 42.5 Å². The molecule has 0 atom stereocenters. The molecule has 3 heterocycles. The highest BCUT2D eigenvalue weighted by Gasteiger charge is 2.20. The quantitative estimate of drug-likeness (QED) is 0.476. The van der Waals surface area contributed by atoms with Gasteiger partial charge in [0.2, 0.25) is 0 Å². The van der Waals surface area contributed by atoms with Crippen molar-refractivity contribution in [1.82, 2.24) is 24.8 Å². The molecule has 3 aromatic heterocycles. The second-order valence-electron chi connectivity index (χ2n) is 6.54. The Morgan fingerprint density at radius 3 is 2.48 bits per heavy atom. The lowest BCUT2D eigenvalue weighted by Gasteiger charge is -2.04. The Labute approximate surface area is 169 Å². The molecule has 8 heteroatoms. The summed E-state index contributed by atoms with van der Waals surface area (Å²) < 4.78 is 14.9. The van der Waals surface area contributed by atoms with E-state index in [1.807, 2.05) is 42.6 Å². The molecule has 29 heavy (non-hydrogen) atoms. The van der Waals surface area contributed by atoms with Gasteiger partial charge < -0.3 is 5.73 Å². The summed E-state index contributed by atoms with van der Waals surface area (Å²) >= 11 is 1.45. The fourth-order valence-corrected chi connectivity index (χ4v) is 4.08. The molecule has 5 aromatic rings. The molecule has 142 valence electrons. The highest BCUT2D eigenvalue weighted by molar-refractivity contribution is 7.13. The van der Waals surface area contributed by atoms with Crippen molar-refractivity contribution in [3.05, 3.63) is 71.5 Å². The van der Waals surface area contributed by atoms with Crippen molar-refractivity contribution in [1.29, 1.82) is 0 Å². The van der Waals surface area contributed by atoms with E-state index in [2.05, 4.69) is 20.3 Å². The van der Waals surface area contributed by atoms with Gasteiger partial charge in [0.25, 0.3) is 0 Å². The number of anilines is 1. The lowest BCUT2D eigenvalue weighted by molar-refractivity contribution is 0.628. The monoisotopic (exact) mass is 402 g/mol. The Morgan fingerprint density at radius 2 is 1.72 bits per heavy atom. The predicted octanol–water partition coefficient (Wildman–Crippen LogP) is 4.61. The topological polar surface area (TPSA) is 82.0 Å². The molecule has 0 amide bonds. The number of hydrogen-bond acceptors (Lipinski definition) is 6. The molecule has 0 saturated carbocycles. The van der Waals surface area contributed by atoms with E-state index in [1.165, 1.54) is 23.5 Å². The Kier molecular flexibility index (Phi) is 4.06. The van der Waals surface area contributed by atoms with Crippen LogP contribution in [0.4, 0.5) is 10.2 Å². The minimum atomic E-state index is -0.297. The number of hydrogen-bond donors (Lipinski definition) is 1. The third kappa shape index (κ3) is 2.94. The molecule has 0 saturated heterocycles. The molecule has 0 bridgehead atoms. The van der Waals surface area contributed by atoms with Crippen molar-refractivity contribution in [3.8, 4) is 33.1 Å². The number of nitrogens with two attached hydrogens (primary N) is 1. The van der Waals surface area contributed by atoms with Gasteiger partial charge in [0.1, 0.15) is 10.8 Å². The zero-order chi connectivity index (χ0) is 20.0. The average Bonchev–Trinajstić information content (AvgIpc) is 3.35. The lowest BCUT2D eigenvalue weighted by Crippen LogP contribution is -2.05. The molecule has 0 aliphatic heterocycles. The molecular formula is C21H15FN6S. The first-order chi connectivity index (χ1) is 14.1. The molecule has 0 aliphatic carbocycles. The van der Waals surface area contributed by atoms with Crippen molar-refractivity contribution in [3.63, 3.8) is 0 Å². The van der Waals surface area contributed by atoms with Crippen molar-refractivity contribution in [2.75, 3.05) is 5.73 Å². The fourth-order valence-electron chi connectivity index (χ4n) is 3.26. The first-order valence-electron chi connectivity index (χ1n) is 8.90. The van der Waals surface area contributed by atoms with Crippen molar-refractivity contribution >= 4 is 22.8 Å². The molecule has 0 spiro atoms. The predicted molar refractivity (Wildman–Crippen MR) is 112 cm³/mol. The summed E-state index contributed by atoms with van der Waals surface area (Å²) in [7, 11) is 0. The van der Waals surface area contributed by atoms with E-state index in [-0.39, 0.29) is 5.82 Å². The van der Waals surface area contributed by atoms with Crippen LogP contribution in [0.25, 0.3) is 38.7 Å². The SMILES string of the molecule is Cc1nn2c(N)c(-c3nc(-c4ccccc4)cs3)nnc2c1-c1ccc(F)cc1. The van der Waals surface area contributed by atoms with Gasteiger partial charge in [-0.3, -0.25) is 0 Å². The zero-order valence-electron chi connectivity index (χ0n) is 15.4. The van der Waals surface area contributed by atoms with E-state index < -0.39 is 0 Å². The number of rotatable bonds is 3. The van der Waals surface area contributed by atoms with E-state index in [1.54, 1.807) is 16.6 Å². The molecule has 0 aliphatic rings. The van der Waals surface area contributed by atoms with Crippen molar-refractivity contribution < 1.29 is 4.39 Å². The molecule has 0 fully saturated rings. The highest BCUT2D eigenvalue weighted by Crippen LogP contribution is 2.33. The summed E-state index contributed by atoms with van der Waals surface area (Å²) in [6.07, 6.45) is 0. The summed E-state index contributed by atoms with van der Waals surface area (Å²) in [6.45, 7) is 1.86. The summed E-state index contributed by atoms with van der Waals surface area (Å²) in [5.74, 6) is 0.0641. The summed E-state index contributed by atoms with van der Waals surface area (Å²) in [4.78, 5) is 4.67. The van der Waals surface area contributed by atoms with E-state index in [4.69, 9.17) is 5.73 Å². The van der Waals surface area contributed by atoms with Crippen LogP contribution >= 0.6 is 11.3 Å². The van der Waals surface area contributed by atoms with Crippen LogP contribution in [-0.4, -0.2) is 24.8 Å². The Balaban J connectivity index is 1.62. The van der Waals surface area contributed by atoms with Gasteiger partial charge in [-0.05, 0) is 24.6 Å². The largest absolute Gasteiger partial charge is 0.382 e. The van der Waals surface area contributed by atoms with Gasteiger partial charge in [0, 0.05) is 10.9 Å². The number of aromatic nitrogens is 5. The van der Waals surface area contributed by atoms with Crippen molar-refractivity contribution in [2.24, 2.45) is 0 Å². The minimum absolute atomic E-state index is 0.297. The average molecular weight is 402 g/mol. The van der Waals surface area contributed by atoms with E-state index >= 15 is 0 Å². The number of fused-ring (bicyclic) bond motifs is 1. The summed E-state index contributed by atoms with van der Waals surface area (Å²) in [5, 5.41) is 15.9. The van der Waals surface area contributed by atoms with Crippen LogP contribution in [0, 0.1) is 12.7 Å². The third-order valence-corrected chi connectivity index (χ3v) is 5.51. The molecular weight excluding hydrogens is 387 g/mol. The van der Waals surface area contributed by atoms with Crippen LogP contribution < -0.4 is 5.73 Å². The minimum Gasteiger partial charge on any atom is -0.382 e. The van der Waals surface area contributed by atoms with E-state index in [9.17, 15) is 4.39 Å². The van der Waals surface area contributed by atoms with Gasteiger partial charge in [0.15, 0.2) is 17.2 Å². The van der Waals surface area contributed by atoms with Gasteiger partial charge in [-0.25, -0.2) is 9.37 Å². The molecule has 0 radical (unpaired) electrons. The maximum Gasteiger partial charge on any atom is 0.187 e. The normalized spacial score (nSPS) is 11.2. The first-order valence-corrected chi connectivity index (χ1v) is 9.78. The lowest BCUT2D eigenvalue weighted by atomic mass is 10.1. The number of nitrogen functional groups attached to an aromatic ring is 1. The molecule has 5 rings (SSSR count). The maximum absolute atomic E-state index is 13.3. The smallest absolute Gasteiger partial charge is 0.187 e. The number of nitrogens with zero attached hydrogens (tertiary/aromatic N) is 5. The molecule has 6 nitrogen and oxygen atoms in total. The highest BCUT2D eigenvalue weighted by atomic mass is 32.1. The van der Waals surface area contributed by atoms with Crippen LogP contribution in [0.5, 0.6) is 0 Å². The molecule has 2 aromatic carbocycles. The van der Waals surface area contributed by atoms with Crippen LogP contribution in [-0.2, 0) is 0 Å². The molecule has 2 N–H and O–H groups in total. The Morgan fingerprint density at radius 1 is 0.966 bits per heavy atom. The maximum atomic E-state index is 13.3. The first kappa shape index (κ1) is 17.4. The Bertz CT molecular complexity index is 1330. The number of halogens is 1. The summed E-state index contributed by atoms with van der Waals surface area (Å²) in [5.41, 5.74) is 11.6. The number of aryl methyl sites for hydroxylation is 1. The van der Waals surface area contributed by atoms with Crippen molar-refractivity contribution in [2.45, 2.75) is 6.92 Å². The van der Waals surface area contributed by atoms with Crippen LogP contribution in [0.15, 0.2) is 60.0 Å². The van der Waals surface area contributed by atoms with Gasteiger partial charge in [-0.15, -0.1) is 21.5 Å². The second kappa shape index (κ2) is 6.75. The standard InChI is InChI=1S/C21H15FN6S/c1-12-17(14-7-9-15(22)10-8-14)20-26-25-18(19(23)28(20)27-12)21-24-16(11-29-21)13-5-3-2-4-6-13/h2-11H,23H2,1H3. The third-order valence-electron chi connectivity index (χ3n) is 4.66. The molecule has 0 unspecified atom stereocenters. The van der Waals surface area contributed by atoms with Crippen LogP contribution in [0.1, 0.15) is 5.69 Å². The van der Waals surface area contributed by atoms with Crippen LogP contribution in [0.2, 0.25) is 0 Å². The van der Waals surface area contributed by atoms with Gasteiger partial charge in [0.05, 0.1) is 17.0 Å². The van der Waals surface area contributed by atoms with Gasteiger partial charge >= 0.3 is 0 Å². The van der Waals surface area contributed by atoms with E-state index in [0.29, 0.717) is 22.2 Å². The fraction of sp³-hybridized carbons (Fsp3) is 0.0476. The number of benzene rings is 2.